The molecule has 0 aliphatic carbocycles. The van der Waals surface area contributed by atoms with Crippen molar-refractivity contribution in [2.45, 2.75) is 0 Å². The second-order valence-electron chi connectivity index (χ2n) is 5.30. The van der Waals surface area contributed by atoms with Gasteiger partial charge in [-0.25, -0.2) is 4.39 Å². The molecule has 0 saturated heterocycles. The summed E-state index contributed by atoms with van der Waals surface area (Å²) in [5, 5.41) is 0.850. The molecule has 0 aliphatic rings. The van der Waals surface area contributed by atoms with Crippen LogP contribution in [-0.2, 0) is 0 Å². The predicted molar refractivity (Wildman–Crippen MR) is 91.4 cm³/mol. The first kappa shape index (κ1) is 14.3. The SMILES string of the molecule is Fc1cccc(-c2nc(Oc3ccccc3)nc3ccccc23)c1. The minimum atomic E-state index is -0.305. The van der Waals surface area contributed by atoms with E-state index < -0.39 is 0 Å². The van der Waals surface area contributed by atoms with Crippen LogP contribution in [0, 0.1) is 5.82 Å². The number of hydrogen-bond donors (Lipinski definition) is 0. The average Bonchev–Trinajstić information content (AvgIpc) is 2.62. The molecular formula is C20H13FN2O. The van der Waals surface area contributed by atoms with Gasteiger partial charge < -0.3 is 4.74 Å². The summed E-state index contributed by atoms with van der Waals surface area (Å²) in [4.78, 5) is 8.96. The van der Waals surface area contributed by atoms with Gasteiger partial charge in [0.05, 0.1) is 11.2 Å². The van der Waals surface area contributed by atoms with E-state index in [4.69, 9.17) is 4.74 Å². The third-order valence-electron chi connectivity index (χ3n) is 3.63. The first-order valence-corrected chi connectivity index (χ1v) is 7.55. The van der Waals surface area contributed by atoms with Crippen molar-refractivity contribution < 1.29 is 9.13 Å². The van der Waals surface area contributed by atoms with Crippen LogP contribution in [0.15, 0.2) is 78.9 Å². The van der Waals surface area contributed by atoms with Crippen molar-refractivity contribution in [1.82, 2.24) is 9.97 Å². The number of hydrogen-bond acceptors (Lipinski definition) is 3. The van der Waals surface area contributed by atoms with Gasteiger partial charge in [0.25, 0.3) is 0 Å². The zero-order valence-corrected chi connectivity index (χ0v) is 12.7. The van der Waals surface area contributed by atoms with E-state index in [-0.39, 0.29) is 11.8 Å². The fourth-order valence-electron chi connectivity index (χ4n) is 2.55. The van der Waals surface area contributed by atoms with Crippen LogP contribution in [-0.4, -0.2) is 9.97 Å². The van der Waals surface area contributed by atoms with Gasteiger partial charge >= 0.3 is 6.01 Å². The van der Waals surface area contributed by atoms with Gasteiger partial charge in [-0.05, 0) is 30.3 Å². The Morgan fingerprint density at radius 2 is 1.54 bits per heavy atom. The number of nitrogens with zero attached hydrogens (tertiary/aromatic N) is 2. The summed E-state index contributed by atoms with van der Waals surface area (Å²) in [5.41, 5.74) is 2.08. The van der Waals surface area contributed by atoms with Crippen molar-refractivity contribution >= 4 is 10.9 Å². The van der Waals surface area contributed by atoms with Crippen molar-refractivity contribution in [2.24, 2.45) is 0 Å². The highest BCUT2D eigenvalue weighted by atomic mass is 19.1. The monoisotopic (exact) mass is 316 g/mol. The number of halogens is 1. The predicted octanol–water partition coefficient (Wildman–Crippen LogP) is 5.23. The van der Waals surface area contributed by atoms with E-state index in [2.05, 4.69) is 9.97 Å². The third-order valence-corrected chi connectivity index (χ3v) is 3.63. The molecule has 0 atom stereocenters. The third kappa shape index (κ3) is 2.82. The summed E-state index contributed by atoms with van der Waals surface area (Å²) < 4.78 is 19.4. The van der Waals surface area contributed by atoms with Crippen LogP contribution in [0.25, 0.3) is 22.2 Å². The maximum Gasteiger partial charge on any atom is 0.323 e. The summed E-state index contributed by atoms with van der Waals surface area (Å²) in [6.45, 7) is 0. The van der Waals surface area contributed by atoms with Gasteiger partial charge in [-0.15, -0.1) is 0 Å². The topological polar surface area (TPSA) is 35.0 Å². The number of benzene rings is 3. The van der Waals surface area contributed by atoms with E-state index in [0.29, 0.717) is 17.0 Å². The second kappa shape index (κ2) is 6.08. The molecule has 4 rings (SSSR count). The van der Waals surface area contributed by atoms with Crippen molar-refractivity contribution in [1.29, 1.82) is 0 Å². The minimum absolute atomic E-state index is 0.235. The lowest BCUT2D eigenvalue weighted by atomic mass is 10.1. The highest BCUT2D eigenvalue weighted by Gasteiger charge is 2.11. The zero-order valence-electron chi connectivity index (χ0n) is 12.7. The smallest absolute Gasteiger partial charge is 0.323 e. The molecule has 1 heterocycles. The molecule has 1 aromatic heterocycles. The molecule has 0 fully saturated rings. The minimum Gasteiger partial charge on any atom is -0.424 e. The molecule has 0 N–H and O–H groups in total. The molecule has 3 aromatic carbocycles. The van der Waals surface area contributed by atoms with Crippen LogP contribution in [0.4, 0.5) is 4.39 Å². The van der Waals surface area contributed by atoms with Crippen molar-refractivity contribution in [2.75, 3.05) is 0 Å². The molecular weight excluding hydrogens is 303 g/mol. The van der Waals surface area contributed by atoms with Gasteiger partial charge in [-0.2, -0.15) is 9.97 Å². The molecule has 0 bridgehead atoms. The lowest BCUT2D eigenvalue weighted by Crippen LogP contribution is -1.96. The summed E-state index contributed by atoms with van der Waals surface area (Å²) in [7, 11) is 0. The fraction of sp³-hybridized carbons (Fsp3) is 0. The highest BCUT2D eigenvalue weighted by molar-refractivity contribution is 5.92. The number of aromatic nitrogens is 2. The largest absolute Gasteiger partial charge is 0.424 e. The number of para-hydroxylation sites is 2. The summed E-state index contributed by atoms with van der Waals surface area (Å²) in [5.74, 6) is 0.346. The van der Waals surface area contributed by atoms with Crippen LogP contribution >= 0.6 is 0 Å². The van der Waals surface area contributed by atoms with Gasteiger partial charge in [-0.3, -0.25) is 0 Å². The Hall–Kier alpha value is -3.27. The lowest BCUT2D eigenvalue weighted by Gasteiger charge is -2.09. The molecule has 0 saturated carbocycles. The highest BCUT2D eigenvalue weighted by Crippen LogP contribution is 2.29. The Morgan fingerprint density at radius 1 is 0.750 bits per heavy atom. The normalized spacial score (nSPS) is 10.7. The lowest BCUT2D eigenvalue weighted by molar-refractivity contribution is 0.445. The molecule has 116 valence electrons. The standard InChI is InChI=1S/C20H13FN2O/c21-15-8-6-7-14(13-15)19-17-11-4-5-12-18(17)22-20(23-19)24-16-9-2-1-3-10-16/h1-13H. The van der Waals surface area contributed by atoms with E-state index >= 15 is 0 Å². The second-order valence-corrected chi connectivity index (χ2v) is 5.30. The summed E-state index contributed by atoms with van der Waals surface area (Å²) in [6, 6.07) is 23.5. The van der Waals surface area contributed by atoms with E-state index in [1.54, 1.807) is 6.07 Å². The molecule has 24 heavy (non-hydrogen) atoms. The van der Waals surface area contributed by atoms with Crippen LogP contribution in [0.2, 0.25) is 0 Å². The number of ether oxygens (including phenoxy) is 1. The Bertz CT molecular complexity index is 1000. The Kier molecular flexibility index (Phi) is 3.63. The van der Waals surface area contributed by atoms with Gasteiger partial charge in [0.1, 0.15) is 11.6 Å². The van der Waals surface area contributed by atoms with Gasteiger partial charge in [0, 0.05) is 10.9 Å². The van der Waals surface area contributed by atoms with Crippen molar-refractivity contribution in [3.8, 4) is 23.0 Å². The van der Waals surface area contributed by atoms with Crippen LogP contribution in [0.1, 0.15) is 0 Å². The maximum absolute atomic E-state index is 13.6. The summed E-state index contributed by atoms with van der Waals surface area (Å²) >= 11 is 0. The van der Waals surface area contributed by atoms with Crippen molar-refractivity contribution in [3.63, 3.8) is 0 Å². The van der Waals surface area contributed by atoms with E-state index in [9.17, 15) is 4.39 Å². The Labute approximate surface area is 138 Å². The first-order valence-electron chi connectivity index (χ1n) is 7.55. The van der Waals surface area contributed by atoms with Crippen LogP contribution in [0.3, 0.4) is 0 Å². The van der Waals surface area contributed by atoms with Gasteiger partial charge in [0.15, 0.2) is 0 Å². The average molecular weight is 316 g/mol. The van der Waals surface area contributed by atoms with Crippen LogP contribution in [0.5, 0.6) is 11.8 Å². The molecule has 4 heteroatoms. The van der Waals surface area contributed by atoms with E-state index in [1.165, 1.54) is 12.1 Å². The summed E-state index contributed by atoms with van der Waals surface area (Å²) in [6.07, 6.45) is 0. The van der Waals surface area contributed by atoms with E-state index in [1.807, 2.05) is 60.7 Å². The number of rotatable bonds is 3. The van der Waals surface area contributed by atoms with E-state index in [0.717, 1.165) is 10.9 Å². The first-order chi connectivity index (χ1) is 11.8. The molecule has 0 amide bonds. The molecule has 0 radical (unpaired) electrons. The quantitative estimate of drug-likeness (QED) is 0.519. The van der Waals surface area contributed by atoms with Crippen LogP contribution < -0.4 is 4.74 Å². The maximum atomic E-state index is 13.6. The Morgan fingerprint density at radius 3 is 2.38 bits per heavy atom. The zero-order chi connectivity index (χ0) is 16.4. The molecule has 0 spiro atoms. The molecule has 3 nitrogen and oxygen atoms in total. The van der Waals surface area contributed by atoms with Gasteiger partial charge in [0.2, 0.25) is 0 Å². The molecule has 0 aliphatic heterocycles. The molecule has 4 aromatic rings. The van der Waals surface area contributed by atoms with Crippen molar-refractivity contribution in [3.05, 3.63) is 84.7 Å². The van der Waals surface area contributed by atoms with Gasteiger partial charge in [-0.1, -0.05) is 48.5 Å². The Balaban J connectivity index is 1.88. The number of fused-ring (bicyclic) bond motifs is 1. The fourth-order valence-corrected chi connectivity index (χ4v) is 2.55. The molecule has 0 unspecified atom stereocenters.